The highest BCUT2D eigenvalue weighted by Gasteiger charge is 2.06. The van der Waals surface area contributed by atoms with Crippen molar-refractivity contribution < 1.29 is 4.79 Å². The first-order chi connectivity index (χ1) is 6.27. The molecule has 1 atom stereocenters. The summed E-state index contributed by atoms with van der Waals surface area (Å²) in [5.74, 6) is 0. The van der Waals surface area contributed by atoms with Gasteiger partial charge in [-0.25, -0.2) is 4.98 Å². The van der Waals surface area contributed by atoms with Crippen LogP contribution in [0.5, 0.6) is 0 Å². The van der Waals surface area contributed by atoms with E-state index in [2.05, 4.69) is 18.8 Å². The third-order valence-corrected chi connectivity index (χ3v) is 3.12. The first kappa shape index (κ1) is 10.3. The Bertz CT molecular complexity index is 288. The summed E-state index contributed by atoms with van der Waals surface area (Å²) in [6, 6.07) is 3.58. The summed E-state index contributed by atoms with van der Waals surface area (Å²) in [5.41, 5.74) is 0.688. The molecule has 0 saturated carbocycles. The molecule has 1 aromatic heterocycles. The summed E-state index contributed by atoms with van der Waals surface area (Å²) in [4.78, 5) is 14.8. The van der Waals surface area contributed by atoms with Gasteiger partial charge in [0.2, 0.25) is 0 Å². The molecule has 1 aromatic rings. The summed E-state index contributed by atoms with van der Waals surface area (Å²) in [5, 5.41) is 1.35. The number of nitrogens with zero attached hydrogens (tertiary/aromatic N) is 1. The molecular weight excluding hydrogens is 182 g/mol. The molecule has 70 valence electrons. The number of carbonyl (C=O) groups is 1. The Balaban J connectivity index is 2.80. The topological polar surface area (TPSA) is 30.0 Å². The third-order valence-electron chi connectivity index (χ3n) is 1.82. The van der Waals surface area contributed by atoms with Gasteiger partial charge in [-0.2, -0.15) is 0 Å². The molecule has 0 saturated heterocycles. The van der Waals surface area contributed by atoms with Crippen molar-refractivity contribution in [3.05, 3.63) is 23.9 Å². The number of hydrogen-bond donors (Lipinski definition) is 0. The highest BCUT2D eigenvalue weighted by molar-refractivity contribution is 7.99. The van der Waals surface area contributed by atoms with Crippen molar-refractivity contribution in [1.29, 1.82) is 0 Å². The lowest BCUT2D eigenvalue weighted by Crippen LogP contribution is -1.96. The van der Waals surface area contributed by atoms with E-state index in [0.29, 0.717) is 10.8 Å². The zero-order chi connectivity index (χ0) is 9.68. The Morgan fingerprint density at radius 2 is 2.46 bits per heavy atom. The minimum absolute atomic E-state index is 0.508. The normalized spacial score (nSPS) is 12.5. The van der Waals surface area contributed by atoms with Gasteiger partial charge in [-0.3, -0.25) is 4.79 Å². The predicted molar refractivity (Wildman–Crippen MR) is 55.2 cm³/mol. The number of pyridine rings is 1. The van der Waals surface area contributed by atoms with Crippen molar-refractivity contribution in [2.24, 2.45) is 0 Å². The molecule has 1 rings (SSSR count). The van der Waals surface area contributed by atoms with E-state index in [9.17, 15) is 4.79 Å². The molecule has 0 spiro atoms. The fraction of sp³-hybridized carbons (Fsp3) is 0.400. The second kappa shape index (κ2) is 5.02. The van der Waals surface area contributed by atoms with Gasteiger partial charge in [0, 0.05) is 17.0 Å². The average molecular weight is 195 g/mol. The van der Waals surface area contributed by atoms with Crippen molar-refractivity contribution in [1.82, 2.24) is 4.98 Å². The van der Waals surface area contributed by atoms with Gasteiger partial charge in [-0.15, -0.1) is 11.8 Å². The number of aldehydes is 1. The first-order valence-electron chi connectivity index (χ1n) is 4.34. The minimum Gasteiger partial charge on any atom is -0.298 e. The second-order valence-corrected chi connectivity index (χ2v) is 4.28. The van der Waals surface area contributed by atoms with Crippen molar-refractivity contribution in [3.8, 4) is 0 Å². The number of carbonyl (C=O) groups excluding carboxylic acids is 1. The average Bonchev–Trinajstić information content (AvgIpc) is 2.18. The molecule has 0 aromatic carbocycles. The van der Waals surface area contributed by atoms with Crippen LogP contribution in [0.25, 0.3) is 0 Å². The summed E-state index contributed by atoms with van der Waals surface area (Å²) >= 11 is 1.65. The van der Waals surface area contributed by atoms with Crippen LogP contribution in [-0.4, -0.2) is 16.5 Å². The monoisotopic (exact) mass is 195 g/mol. The van der Waals surface area contributed by atoms with E-state index >= 15 is 0 Å². The van der Waals surface area contributed by atoms with E-state index in [1.165, 1.54) is 0 Å². The molecule has 13 heavy (non-hydrogen) atoms. The summed E-state index contributed by atoms with van der Waals surface area (Å²) in [7, 11) is 0. The van der Waals surface area contributed by atoms with E-state index in [1.54, 1.807) is 30.1 Å². The Morgan fingerprint density at radius 1 is 1.69 bits per heavy atom. The van der Waals surface area contributed by atoms with Crippen LogP contribution < -0.4 is 0 Å². The molecule has 1 unspecified atom stereocenters. The van der Waals surface area contributed by atoms with E-state index in [-0.39, 0.29) is 0 Å². The Labute approximate surface area is 82.8 Å². The maximum Gasteiger partial charge on any atom is 0.152 e. The van der Waals surface area contributed by atoms with Gasteiger partial charge in [0.1, 0.15) is 5.03 Å². The third kappa shape index (κ3) is 2.84. The van der Waals surface area contributed by atoms with Gasteiger partial charge >= 0.3 is 0 Å². The van der Waals surface area contributed by atoms with Crippen LogP contribution in [-0.2, 0) is 0 Å². The van der Waals surface area contributed by atoms with Gasteiger partial charge in [-0.05, 0) is 18.6 Å². The molecule has 0 radical (unpaired) electrons. The van der Waals surface area contributed by atoms with Crippen LogP contribution in [0.1, 0.15) is 30.6 Å². The molecule has 0 aliphatic rings. The standard InChI is InChI=1S/C10H13NOS/c1-3-8(2)13-10-9(7-12)5-4-6-11-10/h4-8H,3H2,1-2H3. The highest BCUT2D eigenvalue weighted by Crippen LogP contribution is 2.24. The van der Waals surface area contributed by atoms with E-state index in [4.69, 9.17) is 0 Å². The Hall–Kier alpha value is -0.830. The number of thioether (sulfide) groups is 1. The molecular formula is C10H13NOS. The fourth-order valence-corrected chi connectivity index (χ4v) is 1.79. The van der Waals surface area contributed by atoms with Gasteiger partial charge in [-0.1, -0.05) is 13.8 Å². The molecule has 2 nitrogen and oxygen atoms in total. The molecule has 0 fully saturated rings. The first-order valence-corrected chi connectivity index (χ1v) is 5.22. The van der Waals surface area contributed by atoms with Gasteiger partial charge in [0.15, 0.2) is 6.29 Å². The smallest absolute Gasteiger partial charge is 0.152 e. The van der Waals surface area contributed by atoms with E-state index in [0.717, 1.165) is 17.7 Å². The SMILES string of the molecule is CCC(C)Sc1ncccc1C=O. The van der Waals surface area contributed by atoms with Crippen molar-refractivity contribution in [2.45, 2.75) is 30.5 Å². The lowest BCUT2D eigenvalue weighted by atomic mass is 10.3. The Kier molecular flexibility index (Phi) is 3.96. The molecule has 0 aliphatic carbocycles. The van der Waals surface area contributed by atoms with Crippen molar-refractivity contribution in [3.63, 3.8) is 0 Å². The lowest BCUT2D eigenvalue weighted by Gasteiger charge is -2.07. The zero-order valence-electron chi connectivity index (χ0n) is 7.86. The minimum atomic E-state index is 0.508. The summed E-state index contributed by atoms with van der Waals surface area (Å²) in [6.45, 7) is 4.26. The van der Waals surface area contributed by atoms with Crippen LogP contribution >= 0.6 is 11.8 Å². The molecule has 3 heteroatoms. The van der Waals surface area contributed by atoms with Crippen LogP contribution in [0.3, 0.4) is 0 Å². The predicted octanol–water partition coefficient (Wildman–Crippen LogP) is 2.78. The maximum absolute atomic E-state index is 10.6. The summed E-state index contributed by atoms with van der Waals surface area (Å²) in [6.07, 6.45) is 3.66. The number of rotatable bonds is 4. The Morgan fingerprint density at radius 3 is 3.08 bits per heavy atom. The highest BCUT2D eigenvalue weighted by atomic mass is 32.2. The van der Waals surface area contributed by atoms with Crippen LogP contribution in [0.2, 0.25) is 0 Å². The van der Waals surface area contributed by atoms with Crippen molar-refractivity contribution >= 4 is 18.0 Å². The largest absolute Gasteiger partial charge is 0.298 e. The fourth-order valence-electron chi connectivity index (χ4n) is 0.865. The van der Waals surface area contributed by atoms with Crippen LogP contribution in [0.4, 0.5) is 0 Å². The van der Waals surface area contributed by atoms with E-state index < -0.39 is 0 Å². The zero-order valence-corrected chi connectivity index (χ0v) is 8.67. The second-order valence-electron chi connectivity index (χ2n) is 2.85. The van der Waals surface area contributed by atoms with Gasteiger partial charge in [0.25, 0.3) is 0 Å². The molecule has 1 heterocycles. The summed E-state index contributed by atoms with van der Waals surface area (Å²) < 4.78 is 0. The molecule has 0 amide bonds. The number of hydrogen-bond acceptors (Lipinski definition) is 3. The van der Waals surface area contributed by atoms with Gasteiger partial charge in [0.05, 0.1) is 0 Å². The van der Waals surface area contributed by atoms with Crippen LogP contribution in [0, 0.1) is 0 Å². The quantitative estimate of drug-likeness (QED) is 0.546. The van der Waals surface area contributed by atoms with Crippen molar-refractivity contribution in [2.75, 3.05) is 0 Å². The number of aromatic nitrogens is 1. The maximum atomic E-state index is 10.6. The molecule has 0 N–H and O–H groups in total. The van der Waals surface area contributed by atoms with E-state index in [1.807, 2.05) is 0 Å². The lowest BCUT2D eigenvalue weighted by molar-refractivity contribution is 0.112. The van der Waals surface area contributed by atoms with Crippen LogP contribution in [0.15, 0.2) is 23.4 Å². The molecule has 0 aliphatic heterocycles. The molecule has 0 bridgehead atoms. The van der Waals surface area contributed by atoms with Gasteiger partial charge < -0.3 is 0 Å².